The van der Waals surface area contributed by atoms with Crippen molar-refractivity contribution in [2.75, 3.05) is 7.11 Å². The fourth-order valence-corrected chi connectivity index (χ4v) is 3.01. The zero-order valence-electron chi connectivity index (χ0n) is 13.2. The van der Waals surface area contributed by atoms with Gasteiger partial charge in [0.1, 0.15) is 5.92 Å². The van der Waals surface area contributed by atoms with Crippen molar-refractivity contribution in [2.24, 2.45) is 11.8 Å². The van der Waals surface area contributed by atoms with Crippen molar-refractivity contribution in [1.29, 1.82) is 0 Å². The summed E-state index contributed by atoms with van der Waals surface area (Å²) in [6, 6.07) is 3.52. The molecule has 1 aliphatic rings. The molecule has 0 aromatic heterocycles. The molecule has 0 N–H and O–H groups in total. The first kappa shape index (κ1) is 18.2. The number of methoxy groups -OCH3 is 1. The normalized spacial score (nSPS) is 22.3. The maximum Gasteiger partial charge on any atom is 0.281 e. The first-order valence-corrected chi connectivity index (χ1v) is 7.70. The summed E-state index contributed by atoms with van der Waals surface area (Å²) < 4.78 is 5.14. The third-order valence-electron chi connectivity index (χ3n) is 4.29. The molecule has 0 radical (unpaired) electrons. The molecule has 1 aliphatic carbocycles. The summed E-state index contributed by atoms with van der Waals surface area (Å²) in [5, 5.41) is 11.2. The number of rotatable bonds is 5. The zero-order valence-corrected chi connectivity index (χ0v) is 13.9. The molecule has 8 heteroatoms. The number of carbonyl (C=O) groups is 3. The Morgan fingerprint density at radius 2 is 1.92 bits per heavy atom. The number of hydrogen-bond donors (Lipinski definition) is 0. The van der Waals surface area contributed by atoms with Crippen molar-refractivity contribution in [3.63, 3.8) is 0 Å². The van der Waals surface area contributed by atoms with Gasteiger partial charge in [0.15, 0.2) is 17.3 Å². The number of ketones is 3. The van der Waals surface area contributed by atoms with Gasteiger partial charge in [-0.05, 0) is 25.0 Å². The lowest BCUT2D eigenvalue weighted by Crippen LogP contribution is -2.41. The Hall–Kier alpha value is -2.12. The lowest BCUT2D eigenvalue weighted by Gasteiger charge is -2.28. The second kappa shape index (κ2) is 7.19. The fourth-order valence-electron chi connectivity index (χ4n) is 2.84. The van der Waals surface area contributed by atoms with E-state index in [1.807, 2.05) is 0 Å². The van der Waals surface area contributed by atoms with Crippen LogP contribution < -0.4 is 0 Å². The monoisotopic (exact) mass is 353 g/mol. The van der Waals surface area contributed by atoms with E-state index in [9.17, 15) is 24.5 Å². The lowest BCUT2D eigenvalue weighted by molar-refractivity contribution is -0.385. The molecule has 2 rings (SSSR count). The maximum absolute atomic E-state index is 12.6. The molecule has 0 amide bonds. The summed E-state index contributed by atoms with van der Waals surface area (Å²) in [5.74, 6) is -3.70. The largest absolute Gasteiger partial charge is 0.381 e. The van der Waals surface area contributed by atoms with Crippen LogP contribution in [0.3, 0.4) is 0 Å². The van der Waals surface area contributed by atoms with Gasteiger partial charge >= 0.3 is 0 Å². The number of ether oxygens (including phenoxy) is 1. The van der Waals surface area contributed by atoms with Crippen molar-refractivity contribution < 1.29 is 24.0 Å². The predicted molar refractivity (Wildman–Crippen MR) is 85.1 cm³/mol. The minimum atomic E-state index is -1.50. The Morgan fingerprint density at radius 1 is 1.33 bits per heavy atom. The van der Waals surface area contributed by atoms with E-state index >= 15 is 0 Å². The van der Waals surface area contributed by atoms with Gasteiger partial charge in [-0.15, -0.1) is 0 Å². The summed E-state index contributed by atoms with van der Waals surface area (Å²) >= 11 is 5.72. The molecular weight excluding hydrogens is 338 g/mol. The van der Waals surface area contributed by atoms with Crippen LogP contribution in [-0.4, -0.2) is 35.5 Å². The van der Waals surface area contributed by atoms with Gasteiger partial charge in [-0.3, -0.25) is 24.5 Å². The number of halogens is 1. The molecule has 128 valence electrons. The minimum absolute atomic E-state index is 0.0263. The second-order valence-electron chi connectivity index (χ2n) is 5.76. The van der Waals surface area contributed by atoms with Gasteiger partial charge in [-0.25, -0.2) is 0 Å². The predicted octanol–water partition coefficient (Wildman–Crippen LogP) is 2.63. The topological polar surface area (TPSA) is 104 Å². The van der Waals surface area contributed by atoms with Gasteiger partial charge in [0.05, 0.1) is 16.6 Å². The Balaban J connectivity index is 2.33. The fraction of sp³-hybridized carbons (Fsp3) is 0.438. The molecule has 0 aliphatic heterocycles. The molecular formula is C16H16ClNO6. The number of benzene rings is 1. The van der Waals surface area contributed by atoms with Crippen LogP contribution in [0.5, 0.6) is 0 Å². The standard InChI is InChI=1S/C16H16ClNO6/c1-8(24-2)9-5-13(19)15(14(20)6-9)16(21)11-4-3-10(17)7-12(11)18(22)23/h3-4,7-9,15H,5-6H2,1-2H3. The number of carbonyl (C=O) groups excluding carboxylic acids is 3. The molecule has 0 heterocycles. The van der Waals surface area contributed by atoms with Crippen LogP contribution in [0.15, 0.2) is 18.2 Å². The first-order valence-electron chi connectivity index (χ1n) is 7.32. The molecule has 1 aromatic carbocycles. The number of nitro groups is 1. The Bertz CT molecular complexity index is 699. The van der Waals surface area contributed by atoms with Crippen LogP contribution in [0.2, 0.25) is 5.02 Å². The number of nitro benzene ring substituents is 1. The van der Waals surface area contributed by atoms with Crippen LogP contribution in [0.1, 0.15) is 30.1 Å². The van der Waals surface area contributed by atoms with Crippen molar-refractivity contribution in [1.82, 2.24) is 0 Å². The second-order valence-corrected chi connectivity index (χ2v) is 6.19. The van der Waals surface area contributed by atoms with E-state index in [0.29, 0.717) is 0 Å². The smallest absolute Gasteiger partial charge is 0.281 e. The van der Waals surface area contributed by atoms with E-state index in [0.717, 1.165) is 6.07 Å². The number of hydrogen-bond acceptors (Lipinski definition) is 6. The van der Waals surface area contributed by atoms with Crippen molar-refractivity contribution in [3.05, 3.63) is 38.9 Å². The highest BCUT2D eigenvalue weighted by molar-refractivity contribution is 6.31. The summed E-state index contributed by atoms with van der Waals surface area (Å²) in [4.78, 5) is 47.5. The van der Waals surface area contributed by atoms with Gasteiger partial charge in [-0.1, -0.05) is 11.6 Å². The van der Waals surface area contributed by atoms with Gasteiger partial charge in [0.2, 0.25) is 0 Å². The highest BCUT2D eigenvalue weighted by Gasteiger charge is 2.43. The molecule has 1 saturated carbocycles. The Labute approximate surface area is 143 Å². The van der Waals surface area contributed by atoms with Crippen molar-refractivity contribution in [3.8, 4) is 0 Å². The van der Waals surface area contributed by atoms with Crippen LogP contribution in [0.25, 0.3) is 0 Å². The van der Waals surface area contributed by atoms with E-state index in [4.69, 9.17) is 16.3 Å². The molecule has 0 spiro atoms. The van der Waals surface area contributed by atoms with E-state index in [2.05, 4.69) is 0 Å². The SMILES string of the molecule is COC(C)C1CC(=O)C(C(=O)c2ccc(Cl)cc2[N+](=O)[O-])C(=O)C1. The average Bonchev–Trinajstić information content (AvgIpc) is 2.52. The van der Waals surface area contributed by atoms with Crippen LogP contribution in [-0.2, 0) is 14.3 Å². The Morgan fingerprint density at radius 3 is 2.42 bits per heavy atom. The Kier molecular flexibility index (Phi) is 5.46. The molecule has 1 atom stereocenters. The highest BCUT2D eigenvalue weighted by atomic mass is 35.5. The lowest BCUT2D eigenvalue weighted by atomic mass is 9.75. The van der Waals surface area contributed by atoms with E-state index in [1.54, 1.807) is 6.92 Å². The van der Waals surface area contributed by atoms with Gasteiger partial charge in [0.25, 0.3) is 5.69 Å². The average molecular weight is 354 g/mol. The third-order valence-corrected chi connectivity index (χ3v) is 4.53. The van der Waals surface area contributed by atoms with Crippen molar-refractivity contribution >= 4 is 34.6 Å². The van der Waals surface area contributed by atoms with Gasteiger partial charge < -0.3 is 4.74 Å². The van der Waals surface area contributed by atoms with Crippen LogP contribution in [0.4, 0.5) is 5.69 Å². The molecule has 7 nitrogen and oxygen atoms in total. The maximum atomic E-state index is 12.6. The minimum Gasteiger partial charge on any atom is -0.381 e. The van der Waals surface area contributed by atoms with E-state index in [-0.39, 0.29) is 35.4 Å². The quantitative estimate of drug-likeness (QED) is 0.349. The summed E-state index contributed by atoms with van der Waals surface area (Å²) in [6.45, 7) is 1.75. The van der Waals surface area contributed by atoms with Crippen LogP contribution in [0, 0.1) is 22.0 Å². The molecule has 0 saturated heterocycles. The zero-order chi connectivity index (χ0) is 18.0. The number of Topliss-reactive ketones (excluding diaryl/α,β-unsaturated/α-hetero) is 3. The van der Waals surface area contributed by atoms with Gasteiger partial charge in [0, 0.05) is 31.0 Å². The molecule has 1 unspecified atom stereocenters. The van der Waals surface area contributed by atoms with E-state index < -0.39 is 33.9 Å². The van der Waals surface area contributed by atoms with Gasteiger partial charge in [-0.2, -0.15) is 0 Å². The summed E-state index contributed by atoms with van der Waals surface area (Å²) in [5.41, 5.74) is -0.796. The van der Waals surface area contributed by atoms with Crippen LogP contribution >= 0.6 is 11.6 Å². The molecule has 24 heavy (non-hydrogen) atoms. The summed E-state index contributed by atoms with van der Waals surface area (Å²) in [7, 11) is 1.48. The summed E-state index contributed by atoms with van der Waals surface area (Å²) in [6.07, 6.45) is -0.240. The van der Waals surface area contributed by atoms with Crippen molar-refractivity contribution in [2.45, 2.75) is 25.9 Å². The van der Waals surface area contributed by atoms with E-state index in [1.165, 1.54) is 19.2 Å². The molecule has 0 bridgehead atoms. The molecule has 1 aromatic rings. The number of nitrogens with zero attached hydrogens (tertiary/aromatic N) is 1. The third kappa shape index (κ3) is 3.52. The first-order chi connectivity index (χ1) is 11.3. The highest BCUT2D eigenvalue weighted by Crippen LogP contribution is 2.32. The molecule has 1 fully saturated rings.